The molecule has 106 valence electrons. The van der Waals surface area contributed by atoms with Crippen molar-refractivity contribution in [2.75, 3.05) is 32.9 Å². The van der Waals surface area contributed by atoms with E-state index in [1.54, 1.807) is 0 Å². The fourth-order valence-electron chi connectivity index (χ4n) is 2.49. The number of benzene rings is 1. The predicted molar refractivity (Wildman–Crippen MR) is 77.4 cm³/mol. The predicted octanol–water partition coefficient (Wildman–Crippen LogP) is 2.43. The highest BCUT2D eigenvalue weighted by molar-refractivity contribution is 5.20. The van der Waals surface area contributed by atoms with Crippen LogP contribution < -0.4 is 5.32 Å². The van der Waals surface area contributed by atoms with Gasteiger partial charge in [-0.15, -0.1) is 0 Å². The lowest BCUT2D eigenvalue weighted by molar-refractivity contribution is -0.0864. The van der Waals surface area contributed by atoms with Crippen molar-refractivity contribution >= 4 is 0 Å². The van der Waals surface area contributed by atoms with E-state index in [4.69, 9.17) is 9.47 Å². The Hall–Kier alpha value is -0.900. The Morgan fingerprint density at radius 2 is 2.00 bits per heavy atom. The summed E-state index contributed by atoms with van der Waals surface area (Å²) in [5.74, 6) is 1.17. The minimum absolute atomic E-state index is 0.206. The van der Waals surface area contributed by atoms with Gasteiger partial charge in [-0.25, -0.2) is 0 Å². The Kier molecular flexibility index (Phi) is 5.83. The van der Waals surface area contributed by atoms with Crippen LogP contribution in [0.15, 0.2) is 30.3 Å². The van der Waals surface area contributed by atoms with Crippen molar-refractivity contribution in [1.82, 2.24) is 5.32 Å². The van der Waals surface area contributed by atoms with Gasteiger partial charge in [0.25, 0.3) is 0 Å². The number of rotatable bonds is 6. The summed E-state index contributed by atoms with van der Waals surface area (Å²) in [6.07, 6.45) is 0.206. The maximum absolute atomic E-state index is 5.64. The van der Waals surface area contributed by atoms with Crippen LogP contribution in [0.3, 0.4) is 0 Å². The first-order valence-corrected chi connectivity index (χ1v) is 7.22. The van der Waals surface area contributed by atoms with Gasteiger partial charge < -0.3 is 14.8 Å². The number of ether oxygens (including phenoxy) is 2. The van der Waals surface area contributed by atoms with E-state index < -0.39 is 0 Å². The molecule has 1 aromatic rings. The summed E-state index contributed by atoms with van der Waals surface area (Å²) in [5, 5.41) is 3.53. The lowest BCUT2D eigenvalue weighted by Gasteiger charge is -2.26. The summed E-state index contributed by atoms with van der Waals surface area (Å²) in [6.45, 7) is 8.58. The Morgan fingerprint density at radius 3 is 2.63 bits per heavy atom. The molecule has 1 N–H and O–H groups in total. The highest BCUT2D eigenvalue weighted by Crippen LogP contribution is 2.23. The molecule has 0 spiro atoms. The van der Waals surface area contributed by atoms with Gasteiger partial charge in [0.2, 0.25) is 0 Å². The van der Waals surface area contributed by atoms with Crippen LogP contribution in [-0.2, 0) is 9.47 Å². The fraction of sp³-hybridized carbons (Fsp3) is 0.625. The van der Waals surface area contributed by atoms with Crippen LogP contribution in [0, 0.1) is 5.92 Å². The number of nitrogens with one attached hydrogen (secondary N) is 1. The van der Waals surface area contributed by atoms with E-state index in [2.05, 4.69) is 49.5 Å². The van der Waals surface area contributed by atoms with Crippen LogP contribution >= 0.6 is 0 Å². The second kappa shape index (κ2) is 7.63. The Bertz CT molecular complexity index is 347. The standard InChI is InChI=1S/C16H25NO2/c1-13(2)16(14-6-4-3-5-7-14)11-17-10-15-12-18-8-9-19-15/h3-7,13,15-17H,8-12H2,1-2H3. The quantitative estimate of drug-likeness (QED) is 0.855. The SMILES string of the molecule is CC(C)C(CNCC1COCCO1)c1ccccc1. The van der Waals surface area contributed by atoms with Gasteiger partial charge in [-0.05, 0) is 17.4 Å². The topological polar surface area (TPSA) is 30.5 Å². The Morgan fingerprint density at radius 1 is 1.21 bits per heavy atom. The normalized spacial score (nSPS) is 21.5. The third-order valence-electron chi connectivity index (χ3n) is 3.65. The second-order valence-corrected chi connectivity index (χ2v) is 5.49. The molecule has 2 unspecified atom stereocenters. The largest absolute Gasteiger partial charge is 0.376 e. The first kappa shape index (κ1) is 14.5. The molecule has 19 heavy (non-hydrogen) atoms. The van der Waals surface area contributed by atoms with Crippen molar-refractivity contribution in [2.24, 2.45) is 5.92 Å². The lowest BCUT2D eigenvalue weighted by Crippen LogP contribution is -2.39. The smallest absolute Gasteiger partial charge is 0.0933 e. The molecule has 0 aromatic heterocycles. The summed E-state index contributed by atoms with van der Waals surface area (Å²) in [6, 6.07) is 10.7. The van der Waals surface area contributed by atoms with Gasteiger partial charge in [0.15, 0.2) is 0 Å². The molecule has 3 heteroatoms. The van der Waals surface area contributed by atoms with E-state index in [1.165, 1.54) is 5.56 Å². The maximum atomic E-state index is 5.64. The molecule has 1 aliphatic heterocycles. The van der Waals surface area contributed by atoms with Crippen molar-refractivity contribution in [3.8, 4) is 0 Å². The molecule has 2 atom stereocenters. The summed E-state index contributed by atoms with van der Waals surface area (Å²) in [4.78, 5) is 0. The molecule has 1 heterocycles. The summed E-state index contributed by atoms with van der Waals surface area (Å²) in [7, 11) is 0. The molecule has 0 saturated carbocycles. The molecule has 0 radical (unpaired) electrons. The van der Waals surface area contributed by atoms with Crippen LogP contribution in [-0.4, -0.2) is 39.0 Å². The van der Waals surface area contributed by atoms with Crippen LogP contribution in [0.2, 0.25) is 0 Å². The zero-order valence-corrected chi connectivity index (χ0v) is 12.0. The van der Waals surface area contributed by atoms with Gasteiger partial charge in [-0.3, -0.25) is 0 Å². The van der Waals surface area contributed by atoms with E-state index in [9.17, 15) is 0 Å². The molecule has 0 bridgehead atoms. The highest BCUT2D eigenvalue weighted by Gasteiger charge is 2.17. The van der Waals surface area contributed by atoms with E-state index >= 15 is 0 Å². The van der Waals surface area contributed by atoms with E-state index in [-0.39, 0.29) is 6.10 Å². The molecular weight excluding hydrogens is 238 g/mol. The van der Waals surface area contributed by atoms with Crippen LogP contribution in [0.1, 0.15) is 25.3 Å². The van der Waals surface area contributed by atoms with Crippen LogP contribution in [0.25, 0.3) is 0 Å². The van der Waals surface area contributed by atoms with Gasteiger partial charge in [0, 0.05) is 13.1 Å². The zero-order chi connectivity index (χ0) is 13.5. The summed E-state index contributed by atoms with van der Waals surface area (Å²) in [5.41, 5.74) is 1.41. The van der Waals surface area contributed by atoms with Crippen molar-refractivity contribution in [1.29, 1.82) is 0 Å². The van der Waals surface area contributed by atoms with Crippen LogP contribution in [0.5, 0.6) is 0 Å². The highest BCUT2D eigenvalue weighted by atomic mass is 16.6. The first-order valence-electron chi connectivity index (χ1n) is 7.22. The van der Waals surface area contributed by atoms with Crippen molar-refractivity contribution in [3.05, 3.63) is 35.9 Å². The average Bonchev–Trinajstić information content (AvgIpc) is 2.45. The molecule has 1 saturated heterocycles. The zero-order valence-electron chi connectivity index (χ0n) is 12.0. The van der Waals surface area contributed by atoms with E-state index in [0.29, 0.717) is 18.4 Å². The van der Waals surface area contributed by atoms with E-state index in [1.807, 2.05) is 0 Å². The minimum Gasteiger partial charge on any atom is -0.376 e. The van der Waals surface area contributed by atoms with Gasteiger partial charge in [-0.1, -0.05) is 44.2 Å². The van der Waals surface area contributed by atoms with Crippen LogP contribution in [0.4, 0.5) is 0 Å². The van der Waals surface area contributed by atoms with Gasteiger partial charge in [0.1, 0.15) is 0 Å². The summed E-state index contributed by atoms with van der Waals surface area (Å²) < 4.78 is 11.0. The molecule has 2 rings (SSSR count). The Balaban J connectivity index is 1.80. The van der Waals surface area contributed by atoms with E-state index in [0.717, 1.165) is 26.3 Å². The second-order valence-electron chi connectivity index (χ2n) is 5.49. The van der Waals surface area contributed by atoms with Gasteiger partial charge in [-0.2, -0.15) is 0 Å². The number of hydrogen-bond donors (Lipinski definition) is 1. The molecule has 1 aromatic carbocycles. The molecule has 1 fully saturated rings. The molecule has 3 nitrogen and oxygen atoms in total. The third kappa shape index (κ3) is 4.60. The minimum atomic E-state index is 0.206. The van der Waals surface area contributed by atoms with Gasteiger partial charge >= 0.3 is 0 Å². The third-order valence-corrected chi connectivity index (χ3v) is 3.65. The molecule has 0 aliphatic carbocycles. The maximum Gasteiger partial charge on any atom is 0.0933 e. The monoisotopic (exact) mass is 263 g/mol. The number of hydrogen-bond acceptors (Lipinski definition) is 3. The Labute approximate surface area is 116 Å². The lowest BCUT2D eigenvalue weighted by atomic mass is 9.88. The van der Waals surface area contributed by atoms with Crippen molar-refractivity contribution in [2.45, 2.75) is 25.9 Å². The molecule has 0 amide bonds. The fourth-order valence-corrected chi connectivity index (χ4v) is 2.49. The first-order chi connectivity index (χ1) is 9.27. The van der Waals surface area contributed by atoms with Crippen molar-refractivity contribution in [3.63, 3.8) is 0 Å². The van der Waals surface area contributed by atoms with Gasteiger partial charge in [0.05, 0.1) is 25.9 Å². The average molecular weight is 263 g/mol. The molecular formula is C16H25NO2. The molecule has 1 aliphatic rings. The van der Waals surface area contributed by atoms with Crippen molar-refractivity contribution < 1.29 is 9.47 Å². The summed E-state index contributed by atoms with van der Waals surface area (Å²) >= 11 is 0.